The molecule has 0 saturated heterocycles. The fourth-order valence-corrected chi connectivity index (χ4v) is 1.75. The molecular weight excluding hydrogens is 208 g/mol. The summed E-state index contributed by atoms with van der Waals surface area (Å²) in [5, 5.41) is 1.20. The summed E-state index contributed by atoms with van der Waals surface area (Å²) in [6, 6.07) is 10.4. The quantitative estimate of drug-likeness (QED) is 0.796. The first-order valence-electron chi connectivity index (χ1n) is 5.92. The van der Waals surface area contributed by atoms with E-state index in [-0.39, 0.29) is 0 Å². The molecule has 1 aromatic carbocycles. The molecule has 0 spiro atoms. The van der Waals surface area contributed by atoms with Crippen LogP contribution in [-0.2, 0) is 0 Å². The van der Waals surface area contributed by atoms with Gasteiger partial charge in [-0.3, -0.25) is 4.98 Å². The van der Waals surface area contributed by atoms with E-state index in [2.05, 4.69) is 60.4 Å². The van der Waals surface area contributed by atoms with Crippen LogP contribution in [-0.4, -0.2) is 30.5 Å². The van der Waals surface area contributed by atoms with Crippen molar-refractivity contribution in [3.8, 4) is 0 Å². The van der Waals surface area contributed by atoms with Crippen LogP contribution >= 0.6 is 0 Å². The van der Waals surface area contributed by atoms with Crippen LogP contribution in [0.1, 0.15) is 12.0 Å². The third-order valence-electron chi connectivity index (χ3n) is 2.68. The van der Waals surface area contributed by atoms with Crippen LogP contribution in [0.5, 0.6) is 0 Å². The van der Waals surface area contributed by atoms with Gasteiger partial charge in [0.25, 0.3) is 0 Å². The van der Waals surface area contributed by atoms with Gasteiger partial charge in [-0.1, -0.05) is 24.3 Å². The summed E-state index contributed by atoms with van der Waals surface area (Å²) in [5.74, 6) is 0. The molecule has 2 aromatic rings. The molecule has 17 heavy (non-hydrogen) atoms. The van der Waals surface area contributed by atoms with Gasteiger partial charge in [-0.25, -0.2) is 0 Å². The van der Waals surface area contributed by atoms with Gasteiger partial charge in [0.05, 0.1) is 5.52 Å². The highest BCUT2D eigenvalue weighted by molar-refractivity contribution is 5.80. The van der Waals surface area contributed by atoms with Crippen molar-refractivity contribution in [1.82, 2.24) is 9.88 Å². The van der Waals surface area contributed by atoms with Gasteiger partial charge in [0.15, 0.2) is 0 Å². The third-order valence-corrected chi connectivity index (χ3v) is 2.68. The Morgan fingerprint density at radius 3 is 2.94 bits per heavy atom. The predicted octanol–water partition coefficient (Wildman–Crippen LogP) is 3.20. The fraction of sp³-hybridized carbons (Fsp3) is 0.267. The van der Waals surface area contributed by atoms with Crippen molar-refractivity contribution < 1.29 is 0 Å². The second-order valence-corrected chi connectivity index (χ2v) is 4.45. The molecule has 0 atom stereocenters. The average molecular weight is 226 g/mol. The van der Waals surface area contributed by atoms with E-state index in [0.29, 0.717) is 0 Å². The van der Waals surface area contributed by atoms with E-state index in [9.17, 15) is 0 Å². The molecule has 0 amide bonds. The Morgan fingerprint density at radius 1 is 1.24 bits per heavy atom. The van der Waals surface area contributed by atoms with Crippen molar-refractivity contribution in [3.05, 3.63) is 48.2 Å². The Bertz CT molecular complexity index is 515. The standard InChI is InChI=1S/C15H18N2/c1-17(2)11-4-3-6-13-8-9-15-14(12-13)7-5-10-16-15/h3,5-10,12H,4,11H2,1-2H3/b6-3+. The Kier molecular flexibility index (Phi) is 3.89. The zero-order valence-electron chi connectivity index (χ0n) is 10.4. The van der Waals surface area contributed by atoms with Crippen LogP contribution < -0.4 is 0 Å². The predicted molar refractivity (Wildman–Crippen MR) is 73.9 cm³/mol. The van der Waals surface area contributed by atoms with Crippen molar-refractivity contribution in [1.29, 1.82) is 0 Å². The Morgan fingerprint density at radius 2 is 2.12 bits per heavy atom. The summed E-state index contributed by atoms with van der Waals surface area (Å²) >= 11 is 0. The van der Waals surface area contributed by atoms with E-state index < -0.39 is 0 Å². The second kappa shape index (κ2) is 5.60. The molecule has 1 heterocycles. The van der Waals surface area contributed by atoms with Crippen LogP contribution in [0.3, 0.4) is 0 Å². The van der Waals surface area contributed by atoms with Gasteiger partial charge in [-0.2, -0.15) is 0 Å². The Hall–Kier alpha value is -1.67. The van der Waals surface area contributed by atoms with Gasteiger partial charge in [-0.15, -0.1) is 0 Å². The zero-order valence-corrected chi connectivity index (χ0v) is 10.4. The lowest BCUT2D eigenvalue weighted by molar-refractivity contribution is 0.417. The van der Waals surface area contributed by atoms with Crippen LogP contribution in [0.4, 0.5) is 0 Å². The number of fused-ring (bicyclic) bond motifs is 1. The zero-order chi connectivity index (χ0) is 12.1. The molecule has 0 aliphatic heterocycles. The summed E-state index contributed by atoms with van der Waals surface area (Å²) in [4.78, 5) is 6.50. The smallest absolute Gasteiger partial charge is 0.0702 e. The lowest BCUT2D eigenvalue weighted by atomic mass is 10.1. The minimum absolute atomic E-state index is 1.05. The van der Waals surface area contributed by atoms with Crippen molar-refractivity contribution in [2.75, 3.05) is 20.6 Å². The summed E-state index contributed by atoms with van der Waals surface area (Å²) in [7, 11) is 4.19. The first-order chi connectivity index (χ1) is 8.25. The van der Waals surface area contributed by atoms with Crippen molar-refractivity contribution >= 4 is 17.0 Å². The molecule has 0 radical (unpaired) electrons. The van der Waals surface area contributed by atoms with Gasteiger partial charge < -0.3 is 4.90 Å². The number of nitrogens with zero attached hydrogens (tertiary/aromatic N) is 2. The molecule has 2 rings (SSSR count). The van der Waals surface area contributed by atoms with Crippen molar-refractivity contribution in [2.24, 2.45) is 0 Å². The summed E-state index contributed by atoms with van der Waals surface area (Å²) < 4.78 is 0. The van der Waals surface area contributed by atoms with E-state index in [0.717, 1.165) is 18.5 Å². The number of hydrogen-bond donors (Lipinski definition) is 0. The molecule has 0 aliphatic carbocycles. The lowest BCUT2D eigenvalue weighted by Gasteiger charge is -2.05. The Labute approximate surface area is 103 Å². The highest BCUT2D eigenvalue weighted by atomic mass is 15.0. The maximum Gasteiger partial charge on any atom is 0.0702 e. The number of benzene rings is 1. The summed E-state index contributed by atoms with van der Waals surface area (Å²) in [6.07, 6.45) is 7.31. The van der Waals surface area contributed by atoms with Crippen LogP contribution in [0, 0.1) is 0 Å². The number of aromatic nitrogens is 1. The lowest BCUT2D eigenvalue weighted by Crippen LogP contribution is -2.11. The van der Waals surface area contributed by atoms with E-state index >= 15 is 0 Å². The molecular formula is C15H18N2. The van der Waals surface area contributed by atoms with Gasteiger partial charge in [0.2, 0.25) is 0 Å². The monoisotopic (exact) mass is 226 g/mol. The highest BCUT2D eigenvalue weighted by Crippen LogP contribution is 2.14. The van der Waals surface area contributed by atoms with Gasteiger partial charge >= 0.3 is 0 Å². The van der Waals surface area contributed by atoms with E-state index in [4.69, 9.17) is 0 Å². The first-order valence-corrected chi connectivity index (χ1v) is 5.92. The highest BCUT2D eigenvalue weighted by Gasteiger charge is 1.93. The molecule has 2 heteroatoms. The molecule has 1 aromatic heterocycles. The SMILES string of the molecule is CN(C)CC/C=C/c1ccc2ncccc2c1. The minimum atomic E-state index is 1.05. The molecule has 0 aliphatic rings. The number of pyridine rings is 1. The van der Waals surface area contributed by atoms with Gasteiger partial charge in [0.1, 0.15) is 0 Å². The van der Waals surface area contributed by atoms with Crippen LogP contribution in [0.2, 0.25) is 0 Å². The second-order valence-electron chi connectivity index (χ2n) is 4.45. The normalized spacial score (nSPS) is 11.7. The summed E-state index contributed by atoms with van der Waals surface area (Å²) in [5.41, 5.74) is 2.29. The fourth-order valence-electron chi connectivity index (χ4n) is 1.75. The number of rotatable bonds is 4. The first kappa shape index (κ1) is 11.8. The van der Waals surface area contributed by atoms with E-state index in [1.807, 2.05) is 12.3 Å². The largest absolute Gasteiger partial charge is 0.309 e. The molecule has 0 saturated carbocycles. The van der Waals surface area contributed by atoms with Crippen LogP contribution in [0.15, 0.2) is 42.6 Å². The topological polar surface area (TPSA) is 16.1 Å². The Balaban J connectivity index is 2.09. The van der Waals surface area contributed by atoms with Crippen LogP contribution in [0.25, 0.3) is 17.0 Å². The molecule has 0 N–H and O–H groups in total. The minimum Gasteiger partial charge on any atom is -0.309 e. The van der Waals surface area contributed by atoms with Gasteiger partial charge in [0, 0.05) is 18.1 Å². The summed E-state index contributed by atoms with van der Waals surface area (Å²) in [6.45, 7) is 1.09. The molecule has 2 nitrogen and oxygen atoms in total. The number of hydrogen-bond acceptors (Lipinski definition) is 2. The van der Waals surface area contributed by atoms with E-state index in [1.54, 1.807) is 0 Å². The molecule has 0 unspecified atom stereocenters. The third kappa shape index (κ3) is 3.40. The van der Waals surface area contributed by atoms with Gasteiger partial charge in [-0.05, 0) is 44.3 Å². The van der Waals surface area contributed by atoms with Crippen molar-refractivity contribution in [3.63, 3.8) is 0 Å². The molecule has 88 valence electrons. The van der Waals surface area contributed by atoms with Crippen molar-refractivity contribution in [2.45, 2.75) is 6.42 Å². The maximum absolute atomic E-state index is 4.31. The molecule has 0 bridgehead atoms. The van der Waals surface area contributed by atoms with E-state index in [1.165, 1.54) is 10.9 Å². The molecule has 0 fully saturated rings. The maximum atomic E-state index is 4.31. The average Bonchev–Trinajstić information content (AvgIpc) is 2.34.